The quantitative estimate of drug-likeness (QED) is 0.814. The average Bonchev–Trinajstić information content (AvgIpc) is 2.41. The SMILES string of the molecule is CCOc1cc(NCC2CSCCS2)ccc1N. The van der Waals surface area contributed by atoms with Gasteiger partial charge in [-0.3, -0.25) is 0 Å². The number of nitrogens with one attached hydrogen (secondary N) is 1. The van der Waals surface area contributed by atoms with Gasteiger partial charge in [-0.05, 0) is 19.1 Å². The van der Waals surface area contributed by atoms with E-state index in [1.165, 1.54) is 17.3 Å². The zero-order valence-electron chi connectivity index (χ0n) is 10.6. The van der Waals surface area contributed by atoms with E-state index in [0.29, 0.717) is 17.5 Å². The molecule has 3 nitrogen and oxygen atoms in total. The maximum absolute atomic E-state index is 5.85. The molecule has 3 N–H and O–H groups in total. The molecule has 1 aliphatic heterocycles. The third-order valence-corrected chi connectivity index (χ3v) is 5.58. The summed E-state index contributed by atoms with van der Waals surface area (Å²) in [4.78, 5) is 0. The largest absolute Gasteiger partial charge is 0.492 e. The van der Waals surface area contributed by atoms with Crippen LogP contribution in [0.4, 0.5) is 11.4 Å². The van der Waals surface area contributed by atoms with Crippen LogP contribution in [0, 0.1) is 0 Å². The van der Waals surface area contributed by atoms with Gasteiger partial charge in [0, 0.05) is 40.8 Å². The third-order valence-electron chi connectivity index (χ3n) is 2.73. The number of rotatable bonds is 5. The van der Waals surface area contributed by atoms with Gasteiger partial charge in [0.15, 0.2) is 0 Å². The molecule has 18 heavy (non-hydrogen) atoms. The number of hydrogen-bond acceptors (Lipinski definition) is 5. The standard InChI is InChI=1S/C13H20N2OS2/c1-2-16-13-7-10(3-4-12(13)14)15-8-11-9-17-5-6-18-11/h3-4,7,11,15H,2,5-6,8-9,14H2,1H3. The molecule has 0 amide bonds. The van der Waals surface area contributed by atoms with Gasteiger partial charge >= 0.3 is 0 Å². The van der Waals surface area contributed by atoms with Gasteiger partial charge in [0.05, 0.1) is 12.3 Å². The lowest BCUT2D eigenvalue weighted by Crippen LogP contribution is -2.23. The summed E-state index contributed by atoms with van der Waals surface area (Å²) < 4.78 is 5.49. The summed E-state index contributed by atoms with van der Waals surface area (Å²) in [7, 11) is 0. The highest BCUT2D eigenvalue weighted by atomic mass is 32.2. The van der Waals surface area contributed by atoms with E-state index in [9.17, 15) is 0 Å². The molecular weight excluding hydrogens is 264 g/mol. The summed E-state index contributed by atoms with van der Waals surface area (Å²) >= 11 is 4.11. The number of thioether (sulfide) groups is 2. The van der Waals surface area contributed by atoms with E-state index >= 15 is 0 Å². The topological polar surface area (TPSA) is 47.3 Å². The van der Waals surface area contributed by atoms with E-state index in [2.05, 4.69) is 17.1 Å². The van der Waals surface area contributed by atoms with Gasteiger partial charge in [-0.1, -0.05) is 0 Å². The highest BCUT2D eigenvalue weighted by Crippen LogP contribution is 2.27. The van der Waals surface area contributed by atoms with Gasteiger partial charge in [0.2, 0.25) is 0 Å². The Morgan fingerprint density at radius 1 is 1.44 bits per heavy atom. The molecule has 0 radical (unpaired) electrons. The van der Waals surface area contributed by atoms with E-state index in [0.717, 1.165) is 18.0 Å². The van der Waals surface area contributed by atoms with Crippen molar-refractivity contribution in [1.82, 2.24) is 0 Å². The number of nitrogen functional groups attached to an aromatic ring is 1. The zero-order chi connectivity index (χ0) is 12.8. The predicted octanol–water partition coefficient (Wildman–Crippen LogP) is 2.93. The summed E-state index contributed by atoms with van der Waals surface area (Å²) in [6, 6.07) is 5.90. The van der Waals surface area contributed by atoms with Crippen LogP contribution in [0.3, 0.4) is 0 Å². The molecule has 0 bridgehead atoms. The first kappa shape index (κ1) is 13.7. The van der Waals surface area contributed by atoms with Crippen LogP contribution in [-0.4, -0.2) is 35.7 Å². The molecule has 1 aliphatic rings. The second-order valence-electron chi connectivity index (χ2n) is 4.13. The van der Waals surface area contributed by atoms with E-state index in [1.54, 1.807) is 0 Å². The summed E-state index contributed by atoms with van der Waals surface area (Å²) in [5.41, 5.74) is 7.64. The number of nitrogens with two attached hydrogens (primary N) is 1. The molecule has 1 unspecified atom stereocenters. The van der Waals surface area contributed by atoms with Crippen LogP contribution < -0.4 is 15.8 Å². The minimum absolute atomic E-state index is 0.642. The molecule has 1 aromatic rings. The van der Waals surface area contributed by atoms with E-state index in [1.807, 2.05) is 36.9 Å². The van der Waals surface area contributed by atoms with Crippen LogP contribution in [-0.2, 0) is 0 Å². The summed E-state index contributed by atoms with van der Waals surface area (Å²) in [5.74, 6) is 4.57. The van der Waals surface area contributed by atoms with Crippen LogP contribution in [0.15, 0.2) is 18.2 Å². The van der Waals surface area contributed by atoms with E-state index in [4.69, 9.17) is 10.5 Å². The molecular formula is C13H20N2OS2. The molecule has 5 heteroatoms. The van der Waals surface area contributed by atoms with Crippen molar-refractivity contribution in [2.24, 2.45) is 0 Å². The van der Waals surface area contributed by atoms with Crippen molar-refractivity contribution < 1.29 is 4.74 Å². The van der Waals surface area contributed by atoms with Crippen molar-refractivity contribution in [3.63, 3.8) is 0 Å². The van der Waals surface area contributed by atoms with Gasteiger partial charge in [0.25, 0.3) is 0 Å². The predicted molar refractivity (Wildman–Crippen MR) is 84.1 cm³/mol. The fourth-order valence-electron chi connectivity index (χ4n) is 1.81. The Bertz CT molecular complexity index is 381. The Labute approximate surface area is 117 Å². The average molecular weight is 284 g/mol. The van der Waals surface area contributed by atoms with Crippen molar-refractivity contribution in [2.45, 2.75) is 12.2 Å². The summed E-state index contributed by atoms with van der Waals surface area (Å²) in [6.07, 6.45) is 0. The van der Waals surface area contributed by atoms with Crippen molar-refractivity contribution in [3.05, 3.63) is 18.2 Å². The molecule has 1 atom stereocenters. The zero-order valence-corrected chi connectivity index (χ0v) is 12.3. The fourth-order valence-corrected chi connectivity index (χ4v) is 4.42. The van der Waals surface area contributed by atoms with Crippen molar-refractivity contribution >= 4 is 34.9 Å². The minimum Gasteiger partial charge on any atom is -0.492 e. The van der Waals surface area contributed by atoms with Gasteiger partial charge in [-0.15, -0.1) is 0 Å². The normalized spacial score (nSPS) is 19.5. The number of anilines is 2. The lowest BCUT2D eigenvalue weighted by atomic mass is 10.2. The van der Waals surface area contributed by atoms with Gasteiger partial charge in [-0.2, -0.15) is 23.5 Å². The molecule has 1 aromatic carbocycles. The van der Waals surface area contributed by atoms with Crippen LogP contribution in [0.1, 0.15) is 6.92 Å². The van der Waals surface area contributed by atoms with Crippen molar-refractivity contribution in [3.8, 4) is 5.75 Å². The maximum atomic E-state index is 5.85. The Morgan fingerprint density at radius 2 is 2.33 bits per heavy atom. The first-order valence-electron chi connectivity index (χ1n) is 6.25. The van der Waals surface area contributed by atoms with Gasteiger partial charge < -0.3 is 15.8 Å². The smallest absolute Gasteiger partial charge is 0.144 e. The monoisotopic (exact) mass is 284 g/mol. The van der Waals surface area contributed by atoms with Crippen LogP contribution in [0.5, 0.6) is 5.75 Å². The number of ether oxygens (including phenoxy) is 1. The molecule has 0 spiro atoms. The lowest BCUT2D eigenvalue weighted by molar-refractivity contribution is 0.342. The van der Waals surface area contributed by atoms with Crippen LogP contribution in [0.25, 0.3) is 0 Å². The molecule has 1 fully saturated rings. The first-order valence-corrected chi connectivity index (χ1v) is 8.45. The molecule has 2 rings (SSSR count). The molecule has 0 aliphatic carbocycles. The minimum atomic E-state index is 0.642. The van der Waals surface area contributed by atoms with Crippen LogP contribution in [0.2, 0.25) is 0 Å². The maximum Gasteiger partial charge on any atom is 0.144 e. The number of benzene rings is 1. The van der Waals surface area contributed by atoms with Crippen molar-refractivity contribution in [1.29, 1.82) is 0 Å². The van der Waals surface area contributed by atoms with Gasteiger partial charge in [0.1, 0.15) is 5.75 Å². The first-order chi connectivity index (χ1) is 8.79. The fraction of sp³-hybridized carbons (Fsp3) is 0.538. The van der Waals surface area contributed by atoms with Gasteiger partial charge in [-0.25, -0.2) is 0 Å². The third kappa shape index (κ3) is 3.92. The second-order valence-corrected chi connectivity index (χ2v) is 6.69. The summed E-state index contributed by atoms with van der Waals surface area (Å²) in [6.45, 7) is 3.62. The lowest BCUT2D eigenvalue weighted by Gasteiger charge is -2.22. The molecule has 0 saturated carbocycles. The Hall–Kier alpha value is -0.680. The summed E-state index contributed by atoms with van der Waals surface area (Å²) in [5, 5.41) is 4.18. The highest BCUT2D eigenvalue weighted by molar-refractivity contribution is 8.06. The Balaban J connectivity index is 1.90. The highest BCUT2D eigenvalue weighted by Gasteiger charge is 2.13. The molecule has 1 heterocycles. The second kappa shape index (κ2) is 7.04. The van der Waals surface area contributed by atoms with E-state index < -0.39 is 0 Å². The number of hydrogen-bond donors (Lipinski definition) is 2. The molecule has 0 aromatic heterocycles. The van der Waals surface area contributed by atoms with Crippen LogP contribution >= 0.6 is 23.5 Å². The van der Waals surface area contributed by atoms with E-state index in [-0.39, 0.29) is 0 Å². The van der Waals surface area contributed by atoms with Crippen molar-refractivity contribution in [2.75, 3.05) is 41.5 Å². The molecule has 100 valence electrons. The Morgan fingerprint density at radius 3 is 3.06 bits per heavy atom. The Kier molecular flexibility index (Phi) is 5.38. The molecule has 1 saturated heterocycles.